The number of nitrogens with one attached hydrogen (secondary N) is 1. The van der Waals surface area contributed by atoms with Crippen LogP contribution in [-0.4, -0.2) is 52.3 Å². The maximum absolute atomic E-state index is 13.4. The van der Waals surface area contributed by atoms with Crippen LogP contribution in [0.25, 0.3) is 0 Å². The number of oxime groups is 1. The van der Waals surface area contributed by atoms with Gasteiger partial charge in [-0.05, 0) is 44.2 Å². The van der Waals surface area contributed by atoms with Gasteiger partial charge >= 0.3 is 0 Å². The van der Waals surface area contributed by atoms with E-state index in [0.717, 1.165) is 65.5 Å². The van der Waals surface area contributed by atoms with Crippen molar-refractivity contribution >= 4 is 29.1 Å². The van der Waals surface area contributed by atoms with E-state index in [0.29, 0.717) is 5.56 Å². The second kappa shape index (κ2) is 11.5. The van der Waals surface area contributed by atoms with Crippen molar-refractivity contribution in [3.8, 4) is 0 Å². The van der Waals surface area contributed by atoms with Gasteiger partial charge in [0.2, 0.25) is 0 Å². The number of hydrogen-bond donors (Lipinski definition) is 1. The van der Waals surface area contributed by atoms with E-state index in [9.17, 15) is 4.79 Å². The highest BCUT2D eigenvalue weighted by Crippen LogP contribution is 2.42. The highest BCUT2D eigenvalue weighted by molar-refractivity contribution is 7.99. The molecule has 0 radical (unpaired) electrons. The van der Waals surface area contributed by atoms with Crippen LogP contribution < -0.4 is 5.32 Å². The van der Waals surface area contributed by atoms with Crippen LogP contribution in [0.1, 0.15) is 51.0 Å². The average molecular weight is 538 g/mol. The molecule has 1 N–H and O–H groups in total. The van der Waals surface area contributed by atoms with Gasteiger partial charge in [-0.1, -0.05) is 53.7 Å². The zero-order valence-electron chi connectivity index (χ0n) is 21.9. The SMILES string of the molecule is CN1CCC(O/N=C(/c2ccccc2)c2cccc(NC(=O)c3ccn4c3CSC4c3cccnc3)c2)CC1. The largest absolute Gasteiger partial charge is 0.392 e. The quantitative estimate of drug-likeness (QED) is 0.239. The fourth-order valence-electron chi connectivity index (χ4n) is 5.10. The number of piperidine rings is 1. The Hall–Kier alpha value is -3.88. The molecule has 1 saturated heterocycles. The van der Waals surface area contributed by atoms with Crippen LogP contribution in [0.5, 0.6) is 0 Å². The number of nitrogens with zero attached hydrogens (tertiary/aromatic N) is 4. The van der Waals surface area contributed by atoms with Crippen LogP contribution in [0, 0.1) is 0 Å². The molecule has 4 aromatic rings. The summed E-state index contributed by atoms with van der Waals surface area (Å²) in [6, 6.07) is 23.8. The van der Waals surface area contributed by atoms with Gasteiger partial charge in [0.05, 0.1) is 5.56 Å². The normalized spacial score (nSPS) is 18.1. The smallest absolute Gasteiger partial charge is 0.257 e. The van der Waals surface area contributed by atoms with Crippen LogP contribution in [0.4, 0.5) is 5.69 Å². The third-order valence-electron chi connectivity index (χ3n) is 7.27. The van der Waals surface area contributed by atoms with E-state index in [-0.39, 0.29) is 17.4 Å². The lowest BCUT2D eigenvalue weighted by Gasteiger charge is -2.27. The molecule has 7 nitrogen and oxygen atoms in total. The molecule has 0 aliphatic carbocycles. The van der Waals surface area contributed by atoms with Gasteiger partial charge in [-0.15, -0.1) is 11.8 Å². The Morgan fingerprint density at radius 3 is 2.64 bits per heavy atom. The molecule has 39 heavy (non-hydrogen) atoms. The first-order valence-electron chi connectivity index (χ1n) is 13.3. The lowest BCUT2D eigenvalue weighted by Crippen LogP contribution is -2.33. The molecule has 2 aromatic heterocycles. The van der Waals surface area contributed by atoms with Gasteiger partial charge in [-0.25, -0.2) is 0 Å². The van der Waals surface area contributed by atoms with Crippen molar-refractivity contribution < 1.29 is 9.63 Å². The Morgan fingerprint density at radius 1 is 1.03 bits per heavy atom. The lowest BCUT2D eigenvalue weighted by atomic mass is 10.0. The van der Waals surface area contributed by atoms with Gasteiger partial charge < -0.3 is 19.6 Å². The molecule has 2 aromatic carbocycles. The molecule has 2 aliphatic rings. The van der Waals surface area contributed by atoms with E-state index in [1.54, 1.807) is 18.0 Å². The number of carbonyl (C=O) groups excluding carboxylic acids is 1. The fraction of sp³-hybridized carbons (Fsp3) is 0.258. The third-order valence-corrected chi connectivity index (χ3v) is 8.52. The van der Waals surface area contributed by atoms with Crippen molar-refractivity contribution in [3.05, 3.63) is 119 Å². The zero-order chi connectivity index (χ0) is 26.6. The van der Waals surface area contributed by atoms with Crippen LogP contribution in [0.15, 0.2) is 96.5 Å². The van der Waals surface area contributed by atoms with E-state index in [2.05, 4.69) is 38.0 Å². The molecule has 1 unspecified atom stereocenters. The number of aromatic nitrogens is 2. The standard InChI is InChI=1S/C31H31N5O2S/c1-35-16-12-26(13-17-35)38-34-29(22-7-3-2-4-8-22)23-9-5-11-25(19-23)33-30(37)27-14-18-36-28(27)21-39-31(36)24-10-6-15-32-20-24/h2-11,14-15,18-20,26,31H,12-13,16-17,21H2,1H3,(H,33,37)/b34-29-. The zero-order valence-corrected chi connectivity index (χ0v) is 22.7. The van der Waals surface area contributed by atoms with Gasteiger partial charge in [0.15, 0.2) is 0 Å². The molecule has 0 spiro atoms. The van der Waals surface area contributed by atoms with Crippen molar-refractivity contribution in [2.45, 2.75) is 30.1 Å². The molecular weight excluding hydrogens is 506 g/mol. The van der Waals surface area contributed by atoms with E-state index in [1.165, 1.54) is 0 Å². The first-order chi connectivity index (χ1) is 19.2. The van der Waals surface area contributed by atoms with Crippen LogP contribution >= 0.6 is 11.8 Å². The summed E-state index contributed by atoms with van der Waals surface area (Å²) < 4.78 is 2.17. The van der Waals surface area contributed by atoms with Crippen molar-refractivity contribution in [1.29, 1.82) is 0 Å². The number of amides is 1. The monoisotopic (exact) mass is 537 g/mol. The number of hydrogen-bond acceptors (Lipinski definition) is 6. The molecule has 198 valence electrons. The van der Waals surface area contributed by atoms with Crippen molar-refractivity contribution in [1.82, 2.24) is 14.5 Å². The fourth-order valence-corrected chi connectivity index (χ4v) is 6.41. The summed E-state index contributed by atoms with van der Waals surface area (Å²) in [4.78, 5) is 26.0. The Kier molecular flexibility index (Phi) is 7.47. The second-order valence-electron chi connectivity index (χ2n) is 9.98. The number of likely N-dealkylation sites (tertiary alicyclic amines) is 1. The molecule has 1 atom stereocenters. The molecular formula is C31H31N5O2S. The van der Waals surface area contributed by atoms with Crippen molar-refractivity contribution in [2.75, 3.05) is 25.5 Å². The van der Waals surface area contributed by atoms with Gasteiger partial charge in [0.25, 0.3) is 5.91 Å². The minimum Gasteiger partial charge on any atom is -0.392 e. The number of benzene rings is 2. The number of rotatable bonds is 7. The summed E-state index contributed by atoms with van der Waals surface area (Å²) >= 11 is 1.80. The van der Waals surface area contributed by atoms with E-state index < -0.39 is 0 Å². The molecule has 0 bridgehead atoms. The van der Waals surface area contributed by atoms with Crippen LogP contribution in [0.3, 0.4) is 0 Å². The highest BCUT2D eigenvalue weighted by Gasteiger charge is 2.28. The van der Waals surface area contributed by atoms with Crippen molar-refractivity contribution in [3.63, 3.8) is 0 Å². The molecule has 2 aliphatic heterocycles. The predicted octanol–water partition coefficient (Wildman–Crippen LogP) is 5.79. The topological polar surface area (TPSA) is 71.8 Å². The summed E-state index contributed by atoms with van der Waals surface area (Å²) in [5.74, 6) is 0.656. The van der Waals surface area contributed by atoms with Crippen LogP contribution in [0.2, 0.25) is 0 Å². The molecule has 8 heteroatoms. The molecule has 1 fully saturated rings. The highest BCUT2D eigenvalue weighted by atomic mass is 32.2. The van der Waals surface area contributed by atoms with Gasteiger partial charge in [0.1, 0.15) is 17.2 Å². The number of fused-ring (bicyclic) bond motifs is 1. The Balaban J connectivity index is 1.22. The predicted molar refractivity (Wildman–Crippen MR) is 156 cm³/mol. The third kappa shape index (κ3) is 5.62. The van der Waals surface area contributed by atoms with E-state index in [1.807, 2.05) is 79.1 Å². The molecule has 4 heterocycles. The first kappa shape index (κ1) is 25.4. The lowest BCUT2D eigenvalue weighted by molar-refractivity contribution is 0.0163. The van der Waals surface area contributed by atoms with E-state index >= 15 is 0 Å². The Labute approximate surface area is 232 Å². The van der Waals surface area contributed by atoms with Crippen LogP contribution in [-0.2, 0) is 10.6 Å². The Morgan fingerprint density at radius 2 is 1.85 bits per heavy atom. The minimum atomic E-state index is -0.117. The van der Waals surface area contributed by atoms with Crippen molar-refractivity contribution in [2.24, 2.45) is 5.16 Å². The second-order valence-corrected chi connectivity index (χ2v) is 11.1. The minimum absolute atomic E-state index is 0.105. The summed E-state index contributed by atoms with van der Waals surface area (Å²) in [5, 5.41) is 7.88. The molecule has 1 amide bonds. The molecule has 0 saturated carbocycles. The number of anilines is 1. The Bertz CT molecular complexity index is 1460. The van der Waals surface area contributed by atoms with Gasteiger partial charge in [-0.2, -0.15) is 0 Å². The number of pyridine rings is 1. The summed E-state index contributed by atoms with van der Waals surface area (Å²) in [6.07, 6.45) is 7.69. The maximum atomic E-state index is 13.4. The summed E-state index contributed by atoms with van der Waals surface area (Å²) in [7, 11) is 2.13. The van der Waals surface area contributed by atoms with Gasteiger partial charge in [-0.3, -0.25) is 9.78 Å². The summed E-state index contributed by atoms with van der Waals surface area (Å²) in [6.45, 7) is 2.02. The number of carbonyl (C=O) groups is 1. The van der Waals surface area contributed by atoms with E-state index in [4.69, 9.17) is 4.84 Å². The first-order valence-corrected chi connectivity index (χ1v) is 14.3. The average Bonchev–Trinajstić information content (AvgIpc) is 3.58. The molecule has 6 rings (SSSR count). The summed E-state index contributed by atoms with van der Waals surface area (Å²) in [5.41, 5.74) is 6.19. The number of thioether (sulfide) groups is 1. The van der Waals surface area contributed by atoms with Gasteiger partial charge in [0, 0.05) is 65.5 Å². The maximum Gasteiger partial charge on any atom is 0.257 e.